The molecule has 0 N–H and O–H groups in total. The Kier molecular flexibility index (Phi) is 6.18. The van der Waals surface area contributed by atoms with Gasteiger partial charge in [-0.3, -0.25) is 9.59 Å². The Morgan fingerprint density at radius 2 is 1.77 bits per heavy atom. The number of carbonyl (C=O) groups excluding carboxylic acids is 2. The van der Waals surface area contributed by atoms with Crippen molar-refractivity contribution in [3.63, 3.8) is 0 Å². The number of hydrogen-bond donors (Lipinski definition) is 0. The Balaban J connectivity index is 1.43. The molecule has 0 bridgehead atoms. The molecule has 0 aliphatic carbocycles. The summed E-state index contributed by atoms with van der Waals surface area (Å²) in [4.78, 5) is 30.3. The fourth-order valence-corrected chi connectivity index (χ4v) is 6.70. The Hall–Kier alpha value is -2.23. The second kappa shape index (κ2) is 8.72. The third kappa shape index (κ3) is 4.26. The van der Waals surface area contributed by atoms with Gasteiger partial charge in [0.15, 0.2) is 0 Å². The van der Waals surface area contributed by atoms with Gasteiger partial charge < -0.3 is 9.80 Å². The van der Waals surface area contributed by atoms with Crippen molar-refractivity contribution in [3.8, 4) is 0 Å². The van der Waals surface area contributed by atoms with E-state index < -0.39 is 16.1 Å². The van der Waals surface area contributed by atoms with Gasteiger partial charge in [0.25, 0.3) is 5.91 Å². The summed E-state index contributed by atoms with van der Waals surface area (Å²) in [5.74, 6) is -0.173. The first kappa shape index (κ1) is 22.0. The zero-order valence-corrected chi connectivity index (χ0v) is 19.4. The van der Waals surface area contributed by atoms with Gasteiger partial charge in [0.2, 0.25) is 15.9 Å². The molecule has 2 aliphatic heterocycles. The van der Waals surface area contributed by atoms with Gasteiger partial charge in [0.05, 0.1) is 9.77 Å². The van der Waals surface area contributed by atoms with Crippen LogP contribution in [0.2, 0.25) is 0 Å². The van der Waals surface area contributed by atoms with Crippen LogP contribution in [0.5, 0.6) is 0 Å². The van der Waals surface area contributed by atoms with Crippen LogP contribution in [0.15, 0.2) is 40.6 Å². The molecule has 0 spiro atoms. The van der Waals surface area contributed by atoms with E-state index in [1.54, 1.807) is 28.9 Å². The number of thiophene rings is 1. The van der Waals surface area contributed by atoms with Gasteiger partial charge >= 0.3 is 0 Å². The molecule has 0 radical (unpaired) electrons. The quantitative estimate of drug-likeness (QED) is 0.701. The first-order valence-electron chi connectivity index (χ1n) is 10.5. The molecule has 9 heteroatoms. The number of carbonyl (C=O) groups is 2. The van der Waals surface area contributed by atoms with Crippen molar-refractivity contribution >= 4 is 33.2 Å². The monoisotopic (exact) mass is 461 g/mol. The average Bonchev–Trinajstić information content (AvgIpc) is 3.47. The van der Waals surface area contributed by atoms with E-state index in [4.69, 9.17) is 0 Å². The fourth-order valence-electron chi connectivity index (χ4n) is 4.29. The summed E-state index contributed by atoms with van der Waals surface area (Å²) >= 11 is 1.38. The molecule has 2 saturated heterocycles. The molecule has 1 atom stereocenters. The predicted octanol–water partition coefficient (Wildman–Crippen LogP) is 2.50. The van der Waals surface area contributed by atoms with Gasteiger partial charge in [0.1, 0.15) is 6.04 Å². The molecule has 2 amide bonds. The van der Waals surface area contributed by atoms with Crippen LogP contribution in [0.4, 0.5) is 0 Å². The van der Waals surface area contributed by atoms with Gasteiger partial charge in [0, 0.05) is 32.7 Å². The van der Waals surface area contributed by atoms with E-state index in [1.807, 2.05) is 30.5 Å². The molecule has 166 valence electrons. The Morgan fingerprint density at radius 3 is 2.45 bits per heavy atom. The molecule has 2 aliphatic rings. The highest BCUT2D eigenvalue weighted by Gasteiger charge is 2.39. The van der Waals surface area contributed by atoms with E-state index >= 15 is 0 Å². The molecule has 4 rings (SSSR count). The second-order valence-electron chi connectivity index (χ2n) is 8.13. The molecule has 31 heavy (non-hydrogen) atoms. The van der Waals surface area contributed by atoms with Crippen molar-refractivity contribution in [2.24, 2.45) is 0 Å². The van der Waals surface area contributed by atoms with Crippen molar-refractivity contribution < 1.29 is 18.0 Å². The van der Waals surface area contributed by atoms with Crippen molar-refractivity contribution in [3.05, 3.63) is 51.7 Å². The topological polar surface area (TPSA) is 78.0 Å². The van der Waals surface area contributed by atoms with E-state index in [2.05, 4.69) is 0 Å². The number of sulfonamides is 1. The molecule has 2 fully saturated rings. The summed E-state index contributed by atoms with van der Waals surface area (Å²) in [5.41, 5.74) is 1.62. The third-order valence-electron chi connectivity index (χ3n) is 6.04. The molecule has 0 saturated carbocycles. The number of aryl methyl sites for hydroxylation is 2. The van der Waals surface area contributed by atoms with Crippen LogP contribution in [-0.2, 0) is 14.8 Å². The molecule has 3 heterocycles. The molecule has 1 aromatic heterocycles. The van der Waals surface area contributed by atoms with Crippen LogP contribution in [0, 0.1) is 13.8 Å². The zero-order valence-electron chi connectivity index (χ0n) is 17.8. The average molecular weight is 462 g/mol. The standard InChI is InChI=1S/C22H27N3O4S2/c1-16-7-8-17(2)20(15-16)31(28,29)24-12-10-23(11-13-24)21(26)18-5-3-9-25(18)22(27)19-6-4-14-30-19/h4,6-8,14-15,18H,3,5,9-13H2,1-2H3/t18-/m0/s1. The molecular formula is C22H27N3O4S2. The van der Waals surface area contributed by atoms with Gasteiger partial charge in [-0.15, -0.1) is 11.3 Å². The first-order chi connectivity index (χ1) is 14.8. The van der Waals surface area contributed by atoms with Gasteiger partial charge in [-0.25, -0.2) is 8.42 Å². The summed E-state index contributed by atoms with van der Waals surface area (Å²) in [5, 5.41) is 1.86. The highest BCUT2D eigenvalue weighted by Crippen LogP contribution is 2.26. The summed E-state index contributed by atoms with van der Waals surface area (Å²) in [6.07, 6.45) is 1.45. The Labute approximate surface area is 187 Å². The second-order valence-corrected chi connectivity index (χ2v) is 11.0. The predicted molar refractivity (Wildman–Crippen MR) is 120 cm³/mol. The number of hydrogen-bond acceptors (Lipinski definition) is 5. The number of amides is 2. The number of benzene rings is 1. The maximum atomic E-state index is 13.2. The van der Waals surface area contributed by atoms with Gasteiger partial charge in [-0.1, -0.05) is 18.2 Å². The largest absolute Gasteiger partial charge is 0.338 e. The van der Waals surface area contributed by atoms with E-state index in [1.165, 1.54) is 15.6 Å². The highest BCUT2D eigenvalue weighted by molar-refractivity contribution is 7.89. The normalized spacial score (nSPS) is 20.3. The maximum absolute atomic E-state index is 13.2. The zero-order chi connectivity index (χ0) is 22.2. The summed E-state index contributed by atoms with van der Waals surface area (Å²) < 4.78 is 27.7. The lowest BCUT2D eigenvalue weighted by molar-refractivity contribution is -0.136. The van der Waals surface area contributed by atoms with Crippen LogP contribution < -0.4 is 0 Å². The van der Waals surface area contributed by atoms with E-state index in [-0.39, 0.29) is 24.9 Å². The minimum absolute atomic E-state index is 0.0776. The summed E-state index contributed by atoms with van der Waals surface area (Å²) in [6, 6.07) is 8.58. The van der Waals surface area contributed by atoms with Crippen LogP contribution in [0.1, 0.15) is 33.6 Å². The molecule has 0 unspecified atom stereocenters. The van der Waals surface area contributed by atoms with E-state index in [0.717, 1.165) is 17.5 Å². The lowest BCUT2D eigenvalue weighted by Gasteiger charge is -2.36. The SMILES string of the molecule is Cc1ccc(C)c(S(=O)(=O)N2CCN(C(=O)[C@@H]3CCCN3C(=O)c3cccs3)CC2)c1. The van der Waals surface area contributed by atoms with E-state index in [9.17, 15) is 18.0 Å². The number of rotatable bonds is 4. The molecular weight excluding hydrogens is 434 g/mol. The van der Waals surface area contributed by atoms with Crippen molar-refractivity contribution in [1.82, 2.24) is 14.1 Å². The molecule has 1 aromatic carbocycles. The van der Waals surface area contributed by atoms with Crippen molar-refractivity contribution in [1.29, 1.82) is 0 Å². The number of piperazine rings is 1. The number of likely N-dealkylation sites (tertiary alicyclic amines) is 1. The minimum atomic E-state index is -3.60. The summed E-state index contributed by atoms with van der Waals surface area (Å²) in [7, 11) is -3.60. The fraction of sp³-hybridized carbons (Fsp3) is 0.455. The highest BCUT2D eigenvalue weighted by atomic mass is 32.2. The smallest absolute Gasteiger partial charge is 0.264 e. The minimum Gasteiger partial charge on any atom is -0.338 e. The molecule has 7 nitrogen and oxygen atoms in total. The Bertz CT molecular complexity index is 1070. The van der Waals surface area contributed by atoms with E-state index in [0.29, 0.717) is 35.8 Å². The number of nitrogens with zero attached hydrogens (tertiary/aromatic N) is 3. The van der Waals surface area contributed by atoms with Crippen molar-refractivity contribution in [2.75, 3.05) is 32.7 Å². The van der Waals surface area contributed by atoms with Crippen LogP contribution in [-0.4, -0.2) is 73.1 Å². The van der Waals surface area contributed by atoms with Gasteiger partial charge in [-0.2, -0.15) is 4.31 Å². The van der Waals surface area contributed by atoms with Crippen LogP contribution >= 0.6 is 11.3 Å². The van der Waals surface area contributed by atoms with Crippen molar-refractivity contribution in [2.45, 2.75) is 37.6 Å². The Morgan fingerprint density at radius 1 is 1.03 bits per heavy atom. The lowest BCUT2D eigenvalue weighted by Crippen LogP contribution is -2.55. The van der Waals surface area contributed by atoms with Gasteiger partial charge in [-0.05, 0) is 55.3 Å². The first-order valence-corrected chi connectivity index (χ1v) is 12.8. The third-order valence-corrected chi connectivity index (χ3v) is 8.94. The maximum Gasteiger partial charge on any atom is 0.264 e. The lowest BCUT2D eigenvalue weighted by atomic mass is 10.1. The molecule has 2 aromatic rings. The van der Waals surface area contributed by atoms with Crippen LogP contribution in [0.25, 0.3) is 0 Å². The van der Waals surface area contributed by atoms with Crippen LogP contribution in [0.3, 0.4) is 0 Å². The summed E-state index contributed by atoms with van der Waals surface area (Å²) in [6.45, 7) is 5.43.